The van der Waals surface area contributed by atoms with Crippen molar-refractivity contribution in [3.05, 3.63) is 59.4 Å². The third-order valence-electron chi connectivity index (χ3n) is 2.50. The first kappa shape index (κ1) is 11.3. The minimum atomic E-state index is -0.0145. The molecule has 0 spiro atoms. The largest absolute Gasteiger partial charge is 0.508 e. The van der Waals surface area contributed by atoms with E-state index in [1.54, 1.807) is 36.5 Å². The highest BCUT2D eigenvalue weighted by molar-refractivity contribution is 5.95. The quantitative estimate of drug-likeness (QED) is 0.820. The molecule has 0 radical (unpaired) electrons. The first-order valence-corrected chi connectivity index (χ1v) is 5.39. The Morgan fingerprint density at radius 1 is 1.24 bits per heavy atom. The molecule has 0 saturated carbocycles. The van der Waals surface area contributed by atoms with Gasteiger partial charge in [0.15, 0.2) is 5.78 Å². The zero-order valence-electron chi connectivity index (χ0n) is 9.55. The van der Waals surface area contributed by atoms with Gasteiger partial charge in [-0.2, -0.15) is 0 Å². The number of aryl methyl sites for hydroxylation is 1. The molecule has 0 atom stereocenters. The monoisotopic (exact) mass is 227 g/mol. The molecule has 1 heterocycles. The van der Waals surface area contributed by atoms with E-state index in [9.17, 15) is 4.79 Å². The van der Waals surface area contributed by atoms with Gasteiger partial charge in [-0.15, -0.1) is 0 Å². The number of Topliss-reactive ketones (excluding diaryl/α,β-unsaturated/α-hetero) is 1. The van der Waals surface area contributed by atoms with Crippen LogP contribution in [-0.2, 0) is 6.42 Å². The number of aromatic nitrogens is 1. The number of hydrogen-bond acceptors (Lipinski definition) is 3. The number of benzene rings is 1. The third kappa shape index (κ3) is 2.91. The molecule has 86 valence electrons. The molecular formula is C14H13NO2. The summed E-state index contributed by atoms with van der Waals surface area (Å²) in [6.45, 7) is 1.93. The van der Waals surface area contributed by atoms with Gasteiger partial charge in [0.2, 0.25) is 0 Å². The Labute approximate surface area is 99.8 Å². The van der Waals surface area contributed by atoms with Crippen molar-refractivity contribution in [3.8, 4) is 5.75 Å². The Morgan fingerprint density at radius 3 is 2.59 bits per heavy atom. The molecule has 0 unspecified atom stereocenters. The molecule has 2 rings (SSSR count). The van der Waals surface area contributed by atoms with Crippen LogP contribution in [0.4, 0.5) is 0 Å². The number of carbonyl (C=O) groups excluding carboxylic acids is 1. The minimum absolute atomic E-state index is 0.0145. The van der Waals surface area contributed by atoms with Gasteiger partial charge in [0.1, 0.15) is 11.4 Å². The van der Waals surface area contributed by atoms with Crippen LogP contribution in [0.1, 0.15) is 21.6 Å². The molecule has 0 aliphatic rings. The number of hydrogen-bond donors (Lipinski definition) is 1. The number of nitrogens with zero attached hydrogens (tertiary/aromatic N) is 1. The molecule has 3 heteroatoms. The molecule has 17 heavy (non-hydrogen) atoms. The maximum absolute atomic E-state index is 11.9. The highest BCUT2D eigenvalue weighted by Gasteiger charge is 2.08. The van der Waals surface area contributed by atoms with Gasteiger partial charge in [0.25, 0.3) is 0 Å². The smallest absolute Gasteiger partial charge is 0.185 e. The first-order chi connectivity index (χ1) is 8.15. The van der Waals surface area contributed by atoms with Gasteiger partial charge in [-0.1, -0.05) is 12.1 Å². The highest BCUT2D eigenvalue weighted by atomic mass is 16.3. The van der Waals surface area contributed by atoms with E-state index in [1.165, 1.54) is 0 Å². The van der Waals surface area contributed by atoms with Crippen LogP contribution < -0.4 is 0 Å². The zero-order chi connectivity index (χ0) is 12.3. The molecule has 0 aliphatic carbocycles. The van der Waals surface area contributed by atoms with Gasteiger partial charge in [-0.05, 0) is 42.3 Å². The molecule has 2 aromatic rings. The van der Waals surface area contributed by atoms with Gasteiger partial charge < -0.3 is 5.11 Å². The van der Waals surface area contributed by atoms with Crippen LogP contribution in [-0.4, -0.2) is 15.9 Å². The number of phenols is 1. The van der Waals surface area contributed by atoms with Crippen LogP contribution in [0.5, 0.6) is 5.75 Å². The normalized spacial score (nSPS) is 10.2. The van der Waals surface area contributed by atoms with E-state index in [-0.39, 0.29) is 11.5 Å². The number of aromatic hydroxyl groups is 1. The fourth-order valence-corrected chi connectivity index (χ4v) is 1.58. The van der Waals surface area contributed by atoms with Gasteiger partial charge >= 0.3 is 0 Å². The lowest BCUT2D eigenvalue weighted by Gasteiger charge is -2.02. The van der Waals surface area contributed by atoms with Gasteiger partial charge in [0, 0.05) is 12.6 Å². The molecule has 3 nitrogen and oxygen atoms in total. The topological polar surface area (TPSA) is 50.2 Å². The van der Waals surface area contributed by atoms with Crippen LogP contribution in [0.3, 0.4) is 0 Å². The number of carbonyl (C=O) groups is 1. The van der Waals surface area contributed by atoms with E-state index in [0.29, 0.717) is 12.1 Å². The van der Waals surface area contributed by atoms with E-state index in [2.05, 4.69) is 4.98 Å². The van der Waals surface area contributed by atoms with Crippen LogP contribution in [0.15, 0.2) is 42.6 Å². The van der Waals surface area contributed by atoms with Crippen LogP contribution in [0.25, 0.3) is 0 Å². The number of pyridine rings is 1. The predicted molar refractivity (Wildman–Crippen MR) is 65.1 cm³/mol. The van der Waals surface area contributed by atoms with Crippen molar-refractivity contribution in [3.63, 3.8) is 0 Å². The maximum Gasteiger partial charge on any atom is 0.185 e. The fourth-order valence-electron chi connectivity index (χ4n) is 1.58. The Hall–Kier alpha value is -2.16. The second-order valence-electron chi connectivity index (χ2n) is 3.98. The summed E-state index contributed by atoms with van der Waals surface area (Å²) in [5.41, 5.74) is 2.38. The van der Waals surface area contributed by atoms with Crippen molar-refractivity contribution in [1.29, 1.82) is 0 Å². The van der Waals surface area contributed by atoms with E-state index < -0.39 is 0 Å². The van der Waals surface area contributed by atoms with E-state index in [0.717, 1.165) is 11.1 Å². The number of phenolic OH excluding ortho intramolecular Hbond substituents is 1. The lowest BCUT2D eigenvalue weighted by Crippen LogP contribution is -2.05. The lowest BCUT2D eigenvalue weighted by atomic mass is 10.1. The molecule has 0 bridgehead atoms. The lowest BCUT2D eigenvalue weighted by molar-refractivity contribution is 0.0988. The van der Waals surface area contributed by atoms with Crippen LogP contribution in [0.2, 0.25) is 0 Å². The van der Waals surface area contributed by atoms with Gasteiger partial charge in [-0.25, -0.2) is 0 Å². The summed E-state index contributed by atoms with van der Waals surface area (Å²) in [6.07, 6.45) is 1.94. The second-order valence-corrected chi connectivity index (χ2v) is 3.98. The van der Waals surface area contributed by atoms with Crippen molar-refractivity contribution >= 4 is 5.78 Å². The molecular weight excluding hydrogens is 214 g/mol. The van der Waals surface area contributed by atoms with Crippen LogP contribution >= 0.6 is 0 Å². The Balaban J connectivity index is 2.14. The second kappa shape index (κ2) is 4.78. The summed E-state index contributed by atoms with van der Waals surface area (Å²) >= 11 is 0. The van der Waals surface area contributed by atoms with E-state index in [4.69, 9.17) is 5.11 Å². The first-order valence-electron chi connectivity index (χ1n) is 5.39. The average molecular weight is 227 g/mol. The van der Waals surface area contributed by atoms with Gasteiger partial charge in [-0.3, -0.25) is 9.78 Å². The maximum atomic E-state index is 11.9. The van der Waals surface area contributed by atoms with Crippen molar-refractivity contribution < 1.29 is 9.90 Å². The molecule has 0 saturated heterocycles. The Morgan fingerprint density at radius 2 is 1.94 bits per heavy atom. The summed E-state index contributed by atoms with van der Waals surface area (Å²) in [4.78, 5) is 16.0. The molecule has 0 fully saturated rings. The van der Waals surface area contributed by atoms with Crippen molar-refractivity contribution in [2.24, 2.45) is 0 Å². The van der Waals surface area contributed by atoms with Crippen molar-refractivity contribution in [2.75, 3.05) is 0 Å². The summed E-state index contributed by atoms with van der Waals surface area (Å²) in [7, 11) is 0. The standard InChI is InChI=1S/C14H13NO2/c1-10-6-7-15-13(8-10)14(17)9-11-2-4-12(16)5-3-11/h2-8,16H,9H2,1H3. The molecule has 1 aromatic heterocycles. The molecule has 1 aromatic carbocycles. The summed E-state index contributed by atoms with van der Waals surface area (Å²) < 4.78 is 0. The minimum Gasteiger partial charge on any atom is -0.508 e. The fraction of sp³-hybridized carbons (Fsp3) is 0.143. The predicted octanol–water partition coefficient (Wildman–Crippen LogP) is 2.52. The van der Waals surface area contributed by atoms with Crippen LogP contribution in [0, 0.1) is 6.92 Å². The van der Waals surface area contributed by atoms with Crippen molar-refractivity contribution in [2.45, 2.75) is 13.3 Å². The summed E-state index contributed by atoms with van der Waals surface area (Å²) in [5, 5.41) is 9.15. The SMILES string of the molecule is Cc1ccnc(C(=O)Cc2ccc(O)cc2)c1. The van der Waals surface area contributed by atoms with E-state index >= 15 is 0 Å². The Bertz CT molecular complexity index is 532. The number of ketones is 1. The molecule has 0 amide bonds. The van der Waals surface area contributed by atoms with E-state index in [1.807, 2.05) is 13.0 Å². The highest BCUT2D eigenvalue weighted by Crippen LogP contribution is 2.12. The number of rotatable bonds is 3. The summed E-state index contributed by atoms with van der Waals surface area (Å²) in [5.74, 6) is 0.189. The third-order valence-corrected chi connectivity index (χ3v) is 2.50. The molecule has 0 aliphatic heterocycles. The zero-order valence-corrected chi connectivity index (χ0v) is 9.55. The Kier molecular flexibility index (Phi) is 3.19. The van der Waals surface area contributed by atoms with Crippen molar-refractivity contribution in [1.82, 2.24) is 4.98 Å². The van der Waals surface area contributed by atoms with Gasteiger partial charge in [0.05, 0.1) is 0 Å². The summed E-state index contributed by atoms with van der Waals surface area (Å²) in [6, 6.07) is 10.3. The molecule has 1 N–H and O–H groups in total. The average Bonchev–Trinajstić information content (AvgIpc) is 2.32.